The number of hydrogen-bond acceptors (Lipinski definition) is 4. The van der Waals surface area contributed by atoms with Crippen LogP contribution in [-0.4, -0.2) is 19.1 Å². The van der Waals surface area contributed by atoms with Crippen LogP contribution in [0.3, 0.4) is 0 Å². The van der Waals surface area contributed by atoms with Crippen molar-refractivity contribution in [3.63, 3.8) is 0 Å². The Bertz CT molecular complexity index is 610. The number of benzene rings is 1. The van der Waals surface area contributed by atoms with Gasteiger partial charge in [-0.3, -0.25) is 4.79 Å². The maximum atomic E-state index is 11.3. The van der Waals surface area contributed by atoms with E-state index in [1.54, 1.807) is 11.3 Å². The van der Waals surface area contributed by atoms with Gasteiger partial charge in [-0.05, 0) is 36.1 Å². The smallest absolute Gasteiger partial charge is 0.310 e. The number of hydrogen-bond donors (Lipinski definition) is 1. The molecule has 1 aliphatic rings. The molecule has 0 saturated carbocycles. The number of thiophene rings is 1. The summed E-state index contributed by atoms with van der Waals surface area (Å²) in [5.41, 5.74) is 2.93. The fraction of sp³-hybridized carbons (Fsp3) is 0.353. The third-order valence-corrected chi connectivity index (χ3v) is 4.96. The van der Waals surface area contributed by atoms with E-state index < -0.39 is 0 Å². The van der Waals surface area contributed by atoms with Gasteiger partial charge in [-0.1, -0.05) is 24.3 Å². The van der Waals surface area contributed by atoms with E-state index in [0.29, 0.717) is 12.5 Å². The predicted molar refractivity (Wildman–Crippen MR) is 84.5 cm³/mol. The molecule has 0 fully saturated rings. The van der Waals surface area contributed by atoms with Gasteiger partial charge in [-0.15, -0.1) is 11.3 Å². The molecule has 0 unspecified atom stereocenters. The number of carbonyl (C=O) groups excluding carboxylic acids is 1. The van der Waals surface area contributed by atoms with E-state index in [1.807, 2.05) is 6.07 Å². The van der Waals surface area contributed by atoms with E-state index in [0.717, 1.165) is 24.3 Å². The Labute approximate surface area is 129 Å². The van der Waals surface area contributed by atoms with E-state index in [9.17, 15) is 4.79 Å². The fourth-order valence-corrected chi connectivity index (χ4v) is 3.73. The van der Waals surface area contributed by atoms with Crippen LogP contribution in [-0.2, 0) is 35.3 Å². The van der Waals surface area contributed by atoms with Gasteiger partial charge in [0.2, 0.25) is 0 Å². The molecule has 2 aromatic rings. The molecule has 0 aliphatic heterocycles. The molecular weight excluding hydrogens is 282 g/mol. The van der Waals surface area contributed by atoms with Gasteiger partial charge >= 0.3 is 5.97 Å². The SMILES string of the molecule is COC(=O)Cc1ccc(CNC2Cc3ccccc3C2)s1. The third kappa shape index (κ3) is 3.52. The Hall–Kier alpha value is -1.65. The van der Waals surface area contributed by atoms with Gasteiger partial charge in [0.1, 0.15) is 0 Å². The van der Waals surface area contributed by atoms with Crippen molar-refractivity contribution >= 4 is 17.3 Å². The number of methoxy groups -OCH3 is 1. The molecule has 1 aliphatic carbocycles. The molecule has 0 spiro atoms. The summed E-state index contributed by atoms with van der Waals surface area (Å²) in [5, 5.41) is 3.62. The lowest BCUT2D eigenvalue weighted by molar-refractivity contribution is -0.139. The normalized spacial score (nSPS) is 14.1. The highest BCUT2D eigenvalue weighted by atomic mass is 32.1. The summed E-state index contributed by atoms with van der Waals surface area (Å²) in [4.78, 5) is 13.6. The zero-order valence-corrected chi connectivity index (χ0v) is 12.9. The van der Waals surface area contributed by atoms with Crippen LogP contribution < -0.4 is 5.32 Å². The van der Waals surface area contributed by atoms with Crippen molar-refractivity contribution < 1.29 is 9.53 Å². The summed E-state index contributed by atoms with van der Waals surface area (Å²) in [6.45, 7) is 0.866. The maximum absolute atomic E-state index is 11.3. The number of ether oxygens (including phenoxy) is 1. The Morgan fingerprint density at radius 1 is 1.19 bits per heavy atom. The Morgan fingerprint density at radius 3 is 2.52 bits per heavy atom. The van der Waals surface area contributed by atoms with Crippen LogP contribution in [0.4, 0.5) is 0 Å². The molecule has 0 radical (unpaired) electrons. The average Bonchev–Trinajstić information content (AvgIpc) is 3.10. The summed E-state index contributed by atoms with van der Waals surface area (Å²) in [7, 11) is 1.43. The Morgan fingerprint density at radius 2 is 1.86 bits per heavy atom. The molecule has 0 atom stereocenters. The molecule has 3 rings (SSSR count). The second kappa shape index (κ2) is 6.41. The zero-order chi connectivity index (χ0) is 14.7. The first-order valence-electron chi connectivity index (χ1n) is 7.19. The molecule has 110 valence electrons. The second-order valence-corrected chi connectivity index (χ2v) is 6.63. The first-order chi connectivity index (χ1) is 10.2. The number of nitrogens with one attached hydrogen (secondary N) is 1. The summed E-state index contributed by atoms with van der Waals surface area (Å²) in [5.74, 6) is -0.178. The maximum Gasteiger partial charge on any atom is 0.310 e. The van der Waals surface area contributed by atoms with Crippen LogP contribution >= 0.6 is 11.3 Å². The lowest BCUT2D eigenvalue weighted by Crippen LogP contribution is -2.28. The standard InChI is InChI=1S/C17H19NO2S/c1-20-17(19)10-15-6-7-16(21-15)11-18-14-8-12-4-2-3-5-13(12)9-14/h2-7,14,18H,8-11H2,1H3. The van der Waals surface area contributed by atoms with Crippen LogP contribution in [0.15, 0.2) is 36.4 Å². The number of fused-ring (bicyclic) bond motifs is 1. The average molecular weight is 301 g/mol. The topological polar surface area (TPSA) is 38.3 Å². The Balaban J connectivity index is 1.51. The van der Waals surface area contributed by atoms with Crippen molar-refractivity contribution in [1.29, 1.82) is 0 Å². The summed E-state index contributed by atoms with van der Waals surface area (Å²) in [6.07, 6.45) is 2.59. The van der Waals surface area contributed by atoms with E-state index in [1.165, 1.54) is 23.1 Å². The first-order valence-corrected chi connectivity index (χ1v) is 8.01. The van der Waals surface area contributed by atoms with Gasteiger partial charge in [-0.25, -0.2) is 0 Å². The predicted octanol–water partition coefficient (Wildman–Crippen LogP) is 2.72. The van der Waals surface area contributed by atoms with Crippen molar-refractivity contribution in [2.75, 3.05) is 7.11 Å². The quantitative estimate of drug-likeness (QED) is 0.863. The van der Waals surface area contributed by atoms with Gasteiger partial charge in [0.25, 0.3) is 0 Å². The molecule has 1 N–H and O–H groups in total. The van der Waals surface area contributed by atoms with Crippen molar-refractivity contribution in [1.82, 2.24) is 5.32 Å². The summed E-state index contributed by atoms with van der Waals surface area (Å²) >= 11 is 1.68. The van der Waals surface area contributed by atoms with Crippen molar-refractivity contribution in [3.8, 4) is 0 Å². The summed E-state index contributed by atoms with van der Waals surface area (Å²) < 4.78 is 4.69. The highest BCUT2D eigenvalue weighted by molar-refractivity contribution is 7.12. The van der Waals surface area contributed by atoms with Crippen LogP contribution in [0, 0.1) is 0 Å². The molecule has 0 saturated heterocycles. The molecule has 1 heterocycles. The van der Waals surface area contributed by atoms with Crippen molar-refractivity contribution in [3.05, 3.63) is 57.3 Å². The monoisotopic (exact) mass is 301 g/mol. The van der Waals surface area contributed by atoms with Gasteiger partial charge in [0, 0.05) is 22.3 Å². The van der Waals surface area contributed by atoms with E-state index in [-0.39, 0.29) is 5.97 Å². The molecule has 4 heteroatoms. The van der Waals surface area contributed by atoms with Crippen molar-refractivity contribution in [2.45, 2.75) is 31.8 Å². The van der Waals surface area contributed by atoms with Crippen LogP contribution in [0.25, 0.3) is 0 Å². The van der Waals surface area contributed by atoms with Crippen LogP contribution in [0.1, 0.15) is 20.9 Å². The van der Waals surface area contributed by atoms with Gasteiger partial charge in [0.05, 0.1) is 13.5 Å². The number of rotatable bonds is 5. The highest BCUT2D eigenvalue weighted by Gasteiger charge is 2.20. The molecule has 1 aromatic carbocycles. The fourth-order valence-electron chi connectivity index (χ4n) is 2.77. The Kier molecular flexibility index (Phi) is 4.36. The minimum Gasteiger partial charge on any atom is -0.469 e. The highest BCUT2D eigenvalue weighted by Crippen LogP contribution is 2.23. The van der Waals surface area contributed by atoms with Crippen LogP contribution in [0.2, 0.25) is 0 Å². The molecule has 0 bridgehead atoms. The van der Waals surface area contributed by atoms with Gasteiger partial charge < -0.3 is 10.1 Å². The lowest BCUT2D eigenvalue weighted by Gasteiger charge is -2.10. The number of esters is 1. The molecular formula is C17H19NO2S. The molecule has 3 nitrogen and oxygen atoms in total. The molecule has 1 aromatic heterocycles. The molecule has 0 amide bonds. The summed E-state index contributed by atoms with van der Waals surface area (Å²) in [6, 6.07) is 13.3. The third-order valence-electron chi connectivity index (χ3n) is 3.88. The van der Waals surface area contributed by atoms with E-state index in [4.69, 9.17) is 4.74 Å². The van der Waals surface area contributed by atoms with Gasteiger partial charge in [-0.2, -0.15) is 0 Å². The first kappa shape index (κ1) is 14.3. The van der Waals surface area contributed by atoms with Gasteiger partial charge in [0.15, 0.2) is 0 Å². The van der Waals surface area contributed by atoms with E-state index >= 15 is 0 Å². The largest absolute Gasteiger partial charge is 0.469 e. The van der Waals surface area contributed by atoms with Crippen molar-refractivity contribution in [2.24, 2.45) is 0 Å². The minimum absolute atomic E-state index is 0.178. The van der Waals surface area contributed by atoms with E-state index in [2.05, 4.69) is 35.6 Å². The second-order valence-electron chi connectivity index (χ2n) is 5.38. The molecule has 21 heavy (non-hydrogen) atoms. The van der Waals surface area contributed by atoms with Crippen LogP contribution in [0.5, 0.6) is 0 Å². The minimum atomic E-state index is -0.178. The lowest BCUT2D eigenvalue weighted by atomic mass is 10.1. The number of carbonyl (C=O) groups is 1. The zero-order valence-electron chi connectivity index (χ0n) is 12.1.